The van der Waals surface area contributed by atoms with Crippen molar-refractivity contribution in [2.75, 3.05) is 31.6 Å². The minimum absolute atomic E-state index is 0.0907. The second kappa shape index (κ2) is 10.9. The van der Waals surface area contributed by atoms with Crippen molar-refractivity contribution in [3.05, 3.63) is 29.3 Å². The summed E-state index contributed by atoms with van der Waals surface area (Å²) in [6.07, 6.45) is -4.86. The number of nitrogens with zero attached hydrogens (tertiary/aromatic N) is 1. The van der Waals surface area contributed by atoms with E-state index in [0.717, 1.165) is 4.90 Å². The van der Waals surface area contributed by atoms with Crippen molar-refractivity contribution in [3.8, 4) is 0 Å². The quantitative estimate of drug-likeness (QED) is 0.317. The number of alkyl halides is 3. The summed E-state index contributed by atoms with van der Waals surface area (Å²) in [5.74, 6) is -4.84. The third kappa shape index (κ3) is 6.26. The minimum Gasteiger partial charge on any atom is -0.475 e. The highest BCUT2D eigenvalue weighted by Crippen LogP contribution is 2.32. The lowest BCUT2D eigenvalue weighted by atomic mass is 10.0. The molecule has 0 bridgehead atoms. The molecule has 0 aliphatic carbocycles. The van der Waals surface area contributed by atoms with Crippen LogP contribution >= 0.6 is 0 Å². The highest BCUT2D eigenvalue weighted by molar-refractivity contribution is 6.25. The van der Waals surface area contributed by atoms with E-state index in [1.54, 1.807) is 18.2 Å². The molecule has 0 spiro atoms. The van der Waals surface area contributed by atoms with Gasteiger partial charge in [-0.05, 0) is 18.6 Å². The van der Waals surface area contributed by atoms with Crippen LogP contribution in [0.15, 0.2) is 18.2 Å². The molecule has 2 aliphatic heterocycles. The van der Waals surface area contributed by atoms with Crippen LogP contribution in [-0.4, -0.2) is 78.1 Å². The SMILES string of the molecule is NCCOCCNc1cccc2c1C(=O)N(C1CCC(=O)NC1=O)C2=O.O=C(O)C(F)(F)F. The number of nitrogens with one attached hydrogen (secondary N) is 2. The first-order chi connectivity index (χ1) is 15.5. The predicted octanol–water partition coefficient (Wildman–Crippen LogP) is 0.108. The lowest BCUT2D eigenvalue weighted by molar-refractivity contribution is -0.192. The van der Waals surface area contributed by atoms with Gasteiger partial charge in [-0.25, -0.2) is 4.79 Å². The lowest BCUT2D eigenvalue weighted by Gasteiger charge is -2.27. The zero-order valence-corrected chi connectivity index (χ0v) is 17.1. The number of carboxylic acids is 1. The first-order valence-corrected chi connectivity index (χ1v) is 9.65. The summed E-state index contributed by atoms with van der Waals surface area (Å²) in [4.78, 5) is 58.7. The highest BCUT2D eigenvalue weighted by atomic mass is 19.4. The Hall–Kier alpha value is -3.52. The smallest absolute Gasteiger partial charge is 0.475 e. The number of fused-ring (bicyclic) bond motifs is 1. The molecule has 2 heterocycles. The van der Waals surface area contributed by atoms with E-state index in [2.05, 4.69) is 10.6 Å². The second-order valence-electron chi connectivity index (χ2n) is 6.81. The fraction of sp³-hybridized carbons (Fsp3) is 0.421. The number of aliphatic carboxylic acids is 1. The minimum atomic E-state index is -5.08. The molecule has 2 aliphatic rings. The molecule has 1 aromatic rings. The number of rotatable bonds is 7. The van der Waals surface area contributed by atoms with Crippen LogP contribution in [0.1, 0.15) is 33.6 Å². The number of hydrogen-bond donors (Lipinski definition) is 4. The Kier molecular flexibility index (Phi) is 8.48. The Morgan fingerprint density at radius 3 is 2.45 bits per heavy atom. The maximum absolute atomic E-state index is 12.8. The van der Waals surface area contributed by atoms with Gasteiger partial charge >= 0.3 is 12.1 Å². The van der Waals surface area contributed by atoms with Crippen LogP contribution in [0.2, 0.25) is 0 Å². The zero-order valence-electron chi connectivity index (χ0n) is 17.1. The Bertz CT molecular complexity index is 952. The second-order valence-corrected chi connectivity index (χ2v) is 6.81. The maximum atomic E-state index is 12.8. The summed E-state index contributed by atoms with van der Waals surface area (Å²) in [6, 6.07) is 3.94. The van der Waals surface area contributed by atoms with Gasteiger partial charge in [-0.2, -0.15) is 13.2 Å². The number of amides is 4. The molecule has 0 radical (unpaired) electrons. The Morgan fingerprint density at radius 2 is 1.88 bits per heavy atom. The molecule has 4 amide bonds. The van der Waals surface area contributed by atoms with Crippen molar-refractivity contribution in [2.45, 2.75) is 25.1 Å². The van der Waals surface area contributed by atoms with E-state index in [1.807, 2.05) is 0 Å². The summed E-state index contributed by atoms with van der Waals surface area (Å²) in [5, 5.41) is 12.4. The van der Waals surface area contributed by atoms with Crippen LogP contribution in [0.25, 0.3) is 0 Å². The van der Waals surface area contributed by atoms with Gasteiger partial charge in [0.1, 0.15) is 6.04 Å². The third-order valence-electron chi connectivity index (χ3n) is 4.53. The van der Waals surface area contributed by atoms with Crippen molar-refractivity contribution < 1.29 is 47.0 Å². The molecular formula is C19H21F3N4O7. The van der Waals surface area contributed by atoms with E-state index < -0.39 is 41.8 Å². The van der Waals surface area contributed by atoms with Crippen molar-refractivity contribution in [1.29, 1.82) is 0 Å². The largest absolute Gasteiger partial charge is 0.490 e. The monoisotopic (exact) mass is 474 g/mol. The Balaban J connectivity index is 0.000000479. The predicted molar refractivity (Wildman–Crippen MR) is 105 cm³/mol. The summed E-state index contributed by atoms with van der Waals surface area (Å²) in [7, 11) is 0. The highest BCUT2D eigenvalue weighted by Gasteiger charge is 2.45. The van der Waals surface area contributed by atoms with E-state index in [0.29, 0.717) is 32.0 Å². The number of ether oxygens (including phenoxy) is 1. The third-order valence-corrected chi connectivity index (χ3v) is 4.53. The van der Waals surface area contributed by atoms with Crippen LogP contribution in [-0.2, 0) is 19.1 Å². The van der Waals surface area contributed by atoms with Crippen molar-refractivity contribution in [3.63, 3.8) is 0 Å². The van der Waals surface area contributed by atoms with Gasteiger partial charge in [0.05, 0.1) is 24.3 Å². The lowest BCUT2D eigenvalue weighted by Crippen LogP contribution is -2.54. The van der Waals surface area contributed by atoms with E-state index in [1.165, 1.54) is 0 Å². The number of piperidine rings is 1. The van der Waals surface area contributed by atoms with Crippen molar-refractivity contribution >= 4 is 35.3 Å². The number of carbonyl (C=O) groups is 5. The van der Waals surface area contributed by atoms with E-state index in [4.69, 9.17) is 20.4 Å². The first-order valence-electron chi connectivity index (χ1n) is 9.65. The molecular weight excluding hydrogens is 453 g/mol. The van der Waals surface area contributed by atoms with E-state index >= 15 is 0 Å². The molecule has 1 saturated heterocycles. The number of nitrogens with two attached hydrogens (primary N) is 1. The number of carbonyl (C=O) groups excluding carboxylic acids is 4. The van der Waals surface area contributed by atoms with Crippen LogP contribution in [0.4, 0.5) is 18.9 Å². The number of benzene rings is 1. The topological polar surface area (TPSA) is 168 Å². The summed E-state index contributed by atoms with van der Waals surface area (Å²) in [5.41, 5.74) is 6.33. The fourth-order valence-electron chi connectivity index (χ4n) is 3.11. The molecule has 11 nitrogen and oxygen atoms in total. The molecule has 0 saturated carbocycles. The van der Waals surface area contributed by atoms with E-state index in [-0.39, 0.29) is 24.0 Å². The van der Waals surface area contributed by atoms with Gasteiger partial charge in [-0.1, -0.05) is 6.07 Å². The van der Waals surface area contributed by atoms with Gasteiger partial charge in [0.25, 0.3) is 11.8 Å². The molecule has 14 heteroatoms. The molecule has 5 N–H and O–H groups in total. The molecule has 3 rings (SSSR count). The van der Waals surface area contributed by atoms with Gasteiger partial charge in [-0.15, -0.1) is 0 Å². The average Bonchev–Trinajstić information content (AvgIpc) is 2.99. The summed E-state index contributed by atoms with van der Waals surface area (Å²) < 4.78 is 37.0. The number of hydrogen-bond acceptors (Lipinski definition) is 8. The number of carboxylic acid groups (broad SMARTS) is 1. The average molecular weight is 474 g/mol. The van der Waals surface area contributed by atoms with Gasteiger partial charge in [0.2, 0.25) is 11.8 Å². The Morgan fingerprint density at radius 1 is 1.21 bits per heavy atom. The molecule has 1 atom stereocenters. The number of halogens is 3. The van der Waals surface area contributed by atoms with Crippen molar-refractivity contribution in [2.24, 2.45) is 5.73 Å². The standard InChI is InChI=1S/C17H20N4O5.C2HF3O2/c18-6-8-26-9-7-19-11-3-1-2-10-14(11)17(25)21(16(10)24)12-4-5-13(22)20-15(12)23;3-2(4,5)1(6)7/h1-3,12,19H,4-9,18H2,(H,20,22,23);(H,6,7). The zero-order chi connectivity index (χ0) is 24.8. The molecule has 1 fully saturated rings. The Labute approximate surface area is 185 Å². The van der Waals surface area contributed by atoms with Crippen LogP contribution in [0.5, 0.6) is 0 Å². The van der Waals surface area contributed by atoms with Crippen LogP contribution in [0.3, 0.4) is 0 Å². The van der Waals surface area contributed by atoms with Crippen LogP contribution < -0.4 is 16.4 Å². The van der Waals surface area contributed by atoms with Gasteiger partial charge < -0.3 is 20.9 Å². The number of imide groups is 2. The number of anilines is 1. The van der Waals surface area contributed by atoms with Gasteiger partial charge in [-0.3, -0.25) is 29.4 Å². The van der Waals surface area contributed by atoms with Gasteiger partial charge in [0, 0.05) is 25.2 Å². The summed E-state index contributed by atoms with van der Waals surface area (Å²) in [6.45, 7) is 1.71. The van der Waals surface area contributed by atoms with Crippen LogP contribution in [0, 0.1) is 0 Å². The molecule has 1 unspecified atom stereocenters. The molecule has 180 valence electrons. The molecule has 33 heavy (non-hydrogen) atoms. The normalized spacial score (nSPS) is 17.8. The summed E-state index contributed by atoms with van der Waals surface area (Å²) >= 11 is 0. The first kappa shape index (κ1) is 25.7. The maximum Gasteiger partial charge on any atom is 0.490 e. The van der Waals surface area contributed by atoms with E-state index in [9.17, 15) is 32.3 Å². The van der Waals surface area contributed by atoms with Crippen molar-refractivity contribution in [1.82, 2.24) is 10.2 Å². The van der Waals surface area contributed by atoms with Gasteiger partial charge in [0.15, 0.2) is 0 Å². The molecule has 0 aromatic heterocycles. The molecule has 1 aromatic carbocycles. The fourth-order valence-corrected chi connectivity index (χ4v) is 3.11.